The first kappa shape index (κ1) is 12.3. The predicted molar refractivity (Wildman–Crippen MR) is 66.2 cm³/mol. The summed E-state index contributed by atoms with van der Waals surface area (Å²) in [7, 11) is 0. The zero-order valence-electron chi connectivity index (χ0n) is 9.33. The van der Waals surface area contributed by atoms with E-state index in [0.717, 1.165) is 5.56 Å². The molecular weight excluding hydrogens is 252 g/mol. The smallest absolute Gasteiger partial charge is 0.372 e. The summed E-state index contributed by atoms with van der Waals surface area (Å²) < 4.78 is 4.62. The van der Waals surface area contributed by atoms with Gasteiger partial charge in [-0.1, -0.05) is 6.07 Å². The van der Waals surface area contributed by atoms with Crippen LogP contribution in [0.2, 0.25) is 0 Å². The molecule has 0 aliphatic heterocycles. The van der Waals surface area contributed by atoms with E-state index >= 15 is 0 Å². The van der Waals surface area contributed by atoms with Crippen molar-refractivity contribution < 1.29 is 14.3 Å². The van der Waals surface area contributed by atoms with Crippen molar-refractivity contribution in [2.45, 2.75) is 6.54 Å². The number of hydrogen-bond acceptors (Lipinski definition) is 5. The van der Waals surface area contributed by atoms with Crippen molar-refractivity contribution in [2.24, 2.45) is 0 Å². The van der Waals surface area contributed by atoms with E-state index in [2.05, 4.69) is 15.0 Å². The molecule has 1 N–H and O–H groups in total. The monoisotopic (exact) mass is 262 g/mol. The number of hydrogen-bond donors (Lipinski definition) is 1. The van der Waals surface area contributed by atoms with E-state index < -0.39 is 12.1 Å². The molecule has 2 aromatic rings. The average molecular weight is 262 g/mol. The summed E-state index contributed by atoms with van der Waals surface area (Å²) in [5.41, 5.74) is 0.880. The van der Waals surface area contributed by atoms with Crippen molar-refractivity contribution in [1.29, 1.82) is 0 Å². The number of thiophene rings is 1. The number of aromatic nitrogens is 1. The van der Waals surface area contributed by atoms with Crippen LogP contribution in [0, 0.1) is 0 Å². The predicted octanol–water partition coefficient (Wildman–Crippen LogP) is 2.21. The van der Waals surface area contributed by atoms with Crippen LogP contribution in [0.4, 0.5) is 4.79 Å². The maximum Gasteiger partial charge on any atom is 0.415 e. The largest absolute Gasteiger partial charge is 0.415 e. The molecule has 5 nitrogen and oxygen atoms in total. The Balaban J connectivity index is 1.81. The lowest BCUT2D eigenvalue weighted by Crippen LogP contribution is -2.26. The van der Waals surface area contributed by atoms with E-state index in [-0.39, 0.29) is 0 Å². The maximum atomic E-state index is 11.4. The summed E-state index contributed by atoms with van der Waals surface area (Å²) in [5, 5.41) is 4.23. The highest BCUT2D eigenvalue weighted by molar-refractivity contribution is 7.12. The van der Waals surface area contributed by atoms with E-state index in [1.807, 2.05) is 0 Å². The molecule has 0 spiro atoms. The number of pyridine rings is 1. The molecule has 92 valence electrons. The molecule has 1 amide bonds. The molecule has 0 saturated heterocycles. The first-order valence-electron chi connectivity index (χ1n) is 5.18. The lowest BCUT2D eigenvalue weighted by Gasteiger charge is -2.04. The Hall–Kier alpha value is -2.21. The van der Waals surface area contributed by atoms with Gasteiger partial charge in [0.1, 0.15) is 4.88 Å². The fraction of sp³-hybridized carbons (Fsp3) is 0.0833. The number of amides is 1. The molecule has 0 atom stereocenters. The second kappa shape index (κ2) is 5.92. The Morgan fingerprint density at radius 1 is 1.28 bits per heavy atom. The van der Waals surface area contributed by atoms with E-state index in [4.69, 9.17) is 0 Å². The number of ether oxygens (including phenoxy) is 1. The molecule has 0 radical (unpaired) electrons. The molecule has 2 heterocycles. The molecule has 6 heteroatoms. The normalized spacial score (nSPS) is 9.78. The molecule has 2 aromatic heterocycles. The Kier molecular flexibility index (Phi) is 4.03. The minimum Gasteiger partial charge on any atom is -0.372 e. The lowest BCUT2D eigenvalue weighted by atomic mass is 10.3. The second-order valence-electron chi connectivity index (χ2n) is 3.36. The van der Waals surface area contributed by atoms with Crippen molar-refractivity contribution in [3.8, 4) is 0 Å². The number of alkyl carbamates (subject to hydrolysis) is 1. The van der Waals surface area contributed by atoms with Crippen molar-refractivity contribution >= 4 is 23.4 Å². The first-order chi connectivity index (χ1) is 8.75. The Bertz CT molecular complexity index is 526. The zero-order chi connectivity index (χ0) is 12.8. The van der Waals surface area contributed by atoms with Crippen LogP contribution in [0.1, 0.15) is 15.2 Å². The van der Waals surface area contributed by atoms with Gasteiger partial charge in [-0.15, -0.1) is 11.3 Å². The molecule has 18 heavy (non-hydrogen) atoms. The molecule has 2 rings (SSSR count). The van der Waals surface area contributed by atoms with Gasteiger partial charge in [0.15, 0.2) is 0 Å². The summed E-state index contributed by atoms with van der Waals surface area (Å²) in [4.78, 5) is 27.1. The molecule has 0 bridgehead atoms. The standard InChI is InChI=1S/C12H10N2O3S/c15-11(10-2-1-7-18-10)17-12(16)14-8-9-3-5-13-6-4-9/h1-7H,8H2,(H,14,16). The molecular formula is C12H10N2O3S. The molecule has 0 unspecified atom stereocenters. The van der Waals surface area contributed by atoms with Crippen LogP contribution in [0.15, 0.2) is 42.0 Å². The van der Waals surface area contributed by atoms with E-state index in [0.29, 0.717) is 11.4 Å². The number of esters is 1. The maximum absolute atomic E-state index is 11.4. The molecule has 0 fully saturated rings. The third kappa shape index (κ3) is 3.39. The highest BCUT2D eigenvalue weighted by atomic mass is 32.1. The summed E-state index contributed by atoms with van der Waals surface area (Å²) in [6, 6.07) is 6.85. The van der Waals surface area contributed by atoms with Gasteiger partial charge in [-0.3, -0.25) is 4.98 Å². The Labute approximate surface area is 107 Å². The van der Waals surface area contributed by atoms with Gasteiger partial charge >= 0.3 is 12.1 Å². The van der Waals surface area contributed by atoms with Crippen LogP contribution in [-0.2, 0) is 11.3 Å². The summed E-state index contributed by atoms with van der Waals surface area (Å²) in [5.74, 6) is -0.641. The second-order valence-corrected chi connectivity index (χ2v) is 4.31. The Morgan fingerprint density at radius 2 is 2.06 bits per heavy atom. The number of carbonyl (C=O) groups is 2. The quantitative estimate of drug-likeness (QED) is 0.680. The third-order valence-corrected chi connectivity index (χ3v) is 2.94. The van der Waals surface area contributed by atoms with Gasteiger partial charge in [0.05, 0.1) is 0 Å². The van der Waals surface area contributed by atoms with E-state index in [9.17, 15) is 9.59 Å². The van der Waals surface area contributed by atoms with Crippen LogP contribution in [0.3, 0.4) is 0 Å². The van der Waals surface area contributed by atoms with Crippen molar-refractivity contribution in [1.82, 2.24) is 10.3 Å². The minimum atomic E-state index is -0.759. The summed E-state index contributed by atoms with van der Waals surface area (Å²) >= 11 is 1.22. The fourth-order valence-corrected chi connectivity index (χ4v) is 1.84. The summed E-state index contributed by atoms with van der Waals surface area (Å²) in [6.45, 7) is 0.291. The number of nitrogens with one attached hydrogen (secondary N) is 1. The highest BCUT2D eigenvalue weighted by Gasteiger charge is 2.13. The number of carbonyl (C=O) groups excluding carboxylic acids is 2. The van der Waals surface area contributed by atoms with Crippen LogP contribution >= 0.6 is 11.3 Å². The van der Waals surface area contributed by atoms with Crippen molar-refractivity contribution in [3.63, 3.8) is 0 Å². The lowest BCUT2D eigenvalue weighted by molar-refractivity contribution is 0.0627. The van der Waals surface area contributed by atoms with Crippen LogP contribution < -0.4 is 5.32 Å². The topological polar surface area (TPSA) is 68.3 Å². The number of rotatable bonds is 3. The zero-order valence-corrected chi connectivity index (χ0v) is 10.1. The van der Waals surface area contributed by atoms with E-state index in [1.165, 1.54) is 11.3 Å². The van der Waals surface area contributed by atoms with Crippen LogP contribution in [-0.4, -0.2) is 17.0 Å². The van der Waals surface area contributed by atoms with Gasteiger partial charge in [0.2, 0.25) is 0 Å². The SMILES string of the molecule is O=C(NCc1ccncc1)OC(=O)c1cccs1. The molecule has 0 aliphatic rings. The van der Waals surface area contributed by atoms with Gasteiger partial charge in [-0.05, 0) is 29.1 Å². The van der Waals surface area contributed by atoms with Crippen molar-refractivity contribution in [3.05, 3.63) is 52.5 Å². The van der Waals surface area contributed by atoms with Crippen LogP contribution in [0.5, 0.6) is 0 Å². The summed E-state index contributed by atoms with van der Waals surface area (Å²) in [6.07, 6.45) is 2.49. The van der Waals surface area contributed by atoms with Gasteiger partial charge in [0, 0.05) is 18.9 Å². The van der Waals surface area contributed by atoms with Crippen LogP contribution in [0.25, 0.3) is 0 Å². The molecule has 0 aromatic carbocycles. The molecule has 0 aliphatic carbocycles. The van der Waals surface area contributed by atoms with Gasteiger partial charge in [-0.25, -0.2) is 9.59 Å². The number of nitrogens with zero attached hydrogens (tertiary/aromatic N) is 1. The first-order valence-corrected chi connectivity index (χ1v) is 6.06. The fourth-order valence-electron chi connectivity index (χ4n) is 1.24. The van der Waals surface area contributed by atoms with E-state index in [1.54, 1.807) is 42.0 Å². The van der Waals surface area contributed by atoms with Crippen molar-refractivity contribution in [2.75, 3.05) is 0 Å². The minimum absolute atomic E-state index is 0.291. The molecule has 0 saturated carbocycles. The Morgan fingerprint density at radius 3 is 2.72 bits per heavy atom. The van der Waals surface area contributed by atoms with Gasteiger partial charge < -0.3 is 10.1 Å². The van der Waals surface area contributed by atoms with Gasteiger partial charge in [0.25, 0.3) is 0 Å². The highest BCUT2D eigenvalue weighted by Crippen LogP contribution is 2.09. The third-order valence-electron chi connectivity index (χ3n) is 2.09. The van der Waals surface area contributed by atoms with Gasteiger partial charge in [-0.2, -0.15) is 0 Å². The average Bonchev–Trinajstić information content (AvgIpc) is 2.91.